The molecule has 0 aliphatic heterocycles. The van der Waals surface area contributed by atoms with Crippen LogP contribution in [0.5, 0.6) is 5.75 Å². The second-order valence-corrected chi connectivity index (χ2v) is 8.38. The molecule has 34 heavy (non-hydrogen) atoms. The molecule has 0 saturated heterocycles. The molecule has 5 rings (SSSR count). The van der Waals surface area contributed by atoms with Crippen LogP contribution in [0.2, 0.25) is 0 Å². The number of amides is 1. The molecular weight excluding hydrogens is 453 g/mol. The SMILES string of the molecule is COc1ccc(-n2c(SCC(=O)Nc3cccc(F)c3)nnc2-c2c[nH]c3ccccc23)cc1. The third kappa shape index (κ3) is 4.38. The lowest BCUT2D eigenvalue weighted by atomic mass is 10.1. The average molecular weight is 474 g/mol. The van der Waals surface area contributed by atoms with Gasteiger partial charge in [-0.1, -0.05) is 36.0 Å². The van der Waals surface area contributed by atoms with Crippen LogP contribution >= 0.6 is 11.8 Å². The molecule has 0 bridgehead atoms. The van der Waals surface area contributed by atoms with Crippen molar-refractivity contribution < 1.29 is 13.9 Å². The van der Waals surface area contributed by atoms with Crippen LogP contribution in [0, 0.1) is 5.82 Å². The quantitative estimate of drug-likeness (QED) is 0.314. The van der Waals surface area contributed by atoms with E-state index in [1.54, 1.807) is 19.2 Å². The van der Waals surface area contributed by atoms with Crippen LogP contribution in [0.4, 0.5) is 10.1 Å². The Labute approximate surface area is 199 Å². The molecule has 0 spiro atoms. The Balaban J connectivity index is 1.47. The van der Waals surface area contributed by atoms with Gasteiger partial charge in [0.15, 0.2) is 11.0 Å². The zero-order valence-electron chi connectivity index (χ0n) is 18.2. The summed E-state index contributed by atoms with van der Waals surface area (Å²) >= 11 is 1.25. The normalized spacial score (nSPS) is 11.0. The van der Waals surface area contributed by atoms with E-state index in [-0.39, 0.29) is 11.7 Å². The number of carbonyl (C=O) groups is 1. The fourth-order valence-electron chi connectivity index (χ4n) is 3.65. The van der Waals surface area contributed by atoms with Crippen LogP contribution in [-0.4, -0.2) is 38.5 Å². The maximum atomic E-state index is 13.4. The zero-order chi connectivity index (χ0) is 23.5. The summed E-state index contributed by atoms with van der Waals surface area (Å²) in [7, 11) is 1.61. The third-order valence-corrected chi connectivity index (χ3v) is 6.16. The number of fused-ring (bicyclic) bond motifs is 1. The predicted octanol–water partition coefficient (Wildman–Crippen LogP) is 5.29. The van der Waals surface area contributed by atoms with Crippen molar-refractivity contribution in [2.24, 2.45) is 0 Å². The summed E-state index contributed by atoms with van der Waals surface area (Å²) in [5.41, 5.74) is 3.13. The minimum absolute atomic E-state index is 0.0820. The molecule has 3 aromatic carbocycles. The summed E-state index contributed by atoms with van der Waals surface area (Å²) in [6, 6.07) is 21.3. The number of aromatic nitrogens is 4. The van der Waals surface area contributed by atoms with Crippen LogP contribution in [0.1, 0.15) is 0 Å². The van der Waals surface area contributed by atoms with Gasteiger partial charge in [0.1, 0.15) is 11.6 Å². The zero-order valence-corrected chi connectivity index (χ0v) is 19.0. The number of hydrogen-bond donors (Lipinski definition) is 2. The van der Waals surface area contributed by atoms with Crippen molar-refractivity contribution >= 4 is 34.3 Å². The van der Waals surface area contributed by atoms with E-state index in [4.69, 9.17) is 4.74 Å². The fourth-order valence-corrected chi connectivity index (χ4v) is 4.40. The summed E-state index contributed by atoms with van der Waals surface area (Å²) in [5.74, 6) is 0.782. The Morgan fingerprint density at radius 1 is 1.09 bits per heavy atom. The smallest absolute Gasteiger partial charge is 0.234 e. The van der Waals surface area contributed by atoms with Gasteiger partial charge >= 0.3 is 0 Å². The summed E-state index contributed by atoms with van der Waals surface area (Å²) in [4.78, 5) is 15.8. The van der Waals surface area contributed by atoms with Crippen molar-refractivity contribution in [1.29, 1.82) is 0 Å². The Hall–Kier alpha value is -4.11. The van der Waals surface area contributed by atoms with Gasteiger partial charge in [0, 0.05) is 34.0 Å². The highest BCUT2D eigenvalue weighted by Crippen LogP contribution is 2.33. The highest BCUT2D eigenvalue weighted by molar-refractivity contribution is 7.99. The Kier molecular flexibility index (Phi) is 6.01. The number of anilines is 1. The summed E-state index contributed by atoms with van der Waals surface area (Å²) < 4.78 is 20.6. The van der Waals surface area contributed by atoms with Crippen molar-refractivity contribution in [1.82, 2.24) is 19.7 Å². The molecule has 1 amide bonds. The highest BCUT2D eigenvalue weighted by atomic mass is 32.2. The van der Waals surface area contributed by atoms with E-state index in [2.05, 4.69) is 20.5 Å². The molecule has 7 nitrogen and oxygen atoms in total. The number of nitrogens with one attached hydrogen (secondary N) is 2. The minimum atomic E-state index is -0.409. The van der Waals surface area contributed by atoms with Crippen molar-refractivity contribution in [3.8, 4) is 22.8 Å². The predicted molar refractivity (Wildman–Crippen MR) is 131 cm³/mol. The number of rotatable bonds is 7. The van der Waals surface area contributed by atoms with E-state index in [9.17, 15) is 9.18 Å². The van der Waals surface area contributed by atoms with Gasteiger partial charge in [-0.2, -0.15) is 0 Å². The topological polar surface area (TPSA) is 84.8 Å². The number of ether oxygens (including phenoxy) is 1. The number of H-pyrrole nitrogens is 1. The van der Waals surface area contributed by atoms with E-state index in [1.165, 1.54) is 23.9 Å². The van der Waals surface area contributed by atoms with E-state index < -0.39 is 5.82 Å². The number of methoxy groups -OCH3 is 1. The molecule has 9 heteroatoms. The molecule has 0 saturated carbocycles. The van der Waals surface area contributed by atoms with E-state index in [0.29, 0.717) is 16.7 Å². The van der Waals surface area contributed by atoms with Crippen LogP contribution in [0.25, 0.3) is 28.0 Å². The van der Waals surface area contributed by atoms with Gasteiger partial charge in [-0.3, -0.25) is 9.36 Å². The lowest BCUT2D eigenvalue weighted by Gasteiger charge is -2.11. The van der Waals surface area contributed by atoms with Crippen molar-refractivity contribution in [2.75, 3.05) is 18.2 Å². The van der Waals surface area contributed by atoms with Crippen molar-refractivity contribution in [3.63, 3.8) is 0 Å². The largest absolute Gasteiger partial charge is 0.497 e. The number of aromatic amines is 1. The van der Waals surface area contributed by atoms with Gasteiger partial charge in [-0.15, -0.1) is 10.2 Å². The molecule has 0 aliphatic carbocycles. The minimum Gasteiger partial charge on any atom is -0.497 e. The number of nitrogens with zero attached hydrogens (tertiary/aromatic N) is 3. The molecule has 0 aliphatic rings. The number of carbonyl (C=O) groups excluding carboxylic acids is 1. The molecule has 0 unspecified atom stereocenters. The number of hydrogen-bond acceptors (Lipinski definition) is 5. The summed E-state index contributed by atoms with van der Waals surface area (Å²) in [5, 5.41) is 13.1. The van der Waals surface area contributed by atoms with Crippen LogP contribution < -0.4 is 10.1 Å². The van der Waals surface area contributed by atoms with E-state index in [0.717, 1.165) is 27.9 Å². The Morgan fingerprint density at radius 2 is 1.91 bits per heavy atom. The first-order chi connectivity index (χ1) is 16.6. The van der Waals surface area contributed by atoms with Gasteiger partial charge in [0.2, 0.25) is 5.91 Å². The summed E-state index contributed by atoms with van der Waals surface area (Å²) in [6.45, 7) is 0. The monoisotopic (exact) mass is 473 g/mol. The second kappa shape index (κ2) is 9.40. The van der Waals surface area contributed by atoms with Gasteiger partial charge in [0.25, 0.3) is 0 Å². The summed E-state index contributed by atoms with van der Waals surface area (Å²) in [6.07, 6.45) is 1.90. The first-order valence-electron chi connectivity index (χ1n) is 10.5. The molecular formula is C25H20FN5O2S. The maximum absolute atomic E-state index is 13.4. The van der Waals surface area contributed by atoms with Gasteiger partial charge in [0.05, 0.1) is 12.9 Å². The first kappa shape index (κ1) is 21.7. The van der Waals surface area contributed by atoms with E-state index >= 15 is 0 Å². The fraction of sp³-hybridized carbons (Fsp3) is 0.0800. The number of benzene rings is 3. The molecule has 0 fully saturated rings. The van der Waals surface area contributed by atoms with Crippen LogP contribution in [0.3, 0.4) is 0 Å². The van der Waals surface area contributed by atoms with Crippen molar-refractivity contribution in [3.05, 3.63) is 84.8 Å². The standard InChI is InChI=1S/C25H20FN5O2S/c1-33-19-11-9-18(10-12-19)31-24(21-14-27-22-8-3-2-7-20(21)22)29-30-25(31)34-15-23(32)28-17-6-4-5-16(26)13-17/h2-14,27H,15H2,1H3,(H,28,32). The maximum Gasteiger partial charge on any atom is 0.234 e. The van der Waals surface area contributed by atoms with Crippen LogP contribution in [0.15, 0.2) is 84.1 Å². The lowest BCUT2D eigenvalue weighted by molar-refractivity contribution is -0.113. The first-order valence-corrected chi connectivity index (χ1v) is 11.5. The van der Waals surface area contributed by atoms with Gasteiger partial charge in [-0.25, -0.2) is 4.39 Å². The molecule has 2 aromatic heterocycles. The van der Waals surface area contributed by atoms with Gasteiger partial charge < -0.3 is 15.0 Å². The second-order valence-electron chi connectivity index (χ2n) is 7.43. The molecule has 5 aromatic rings. The number of para-hydroxylation sites is 1. The average Bonchev–Trinajstić information content (AvgIpc) is 3.47. The van der Waals surface area contributed by atoms with Gasteiger partial charge in [-0.05, 0) is 48.5 Å². The number of thioether (sulfide) groups is 1. The highest BCUT2D eigenvalue weighted by Gasteiger charge is 2.20. The molecule has 2 N–H and O–H groups in total. The van der Waals surface area contributed by atoms with Crippen LogP contribution in [-0.2, 0) is 4.79 Å². The molecule has 170 valence electrons. The Morgan fingerprint density at radius 3 is 2.71 bits per heavy atom. The molecule has 0 radical (unpaired) electrons. The third-order valence-electron chi connectivity index (χ3n) is 5.23. The number of halogens is 1. The lowest BCUT2D eigenvalue weighted by Crippen LogP contribution is -2.14. The van der Waals surface area contributed by atoms with E-state index in [1.807, 2.05) is 59.3 Å². The Bertz CT molecular complexity index is 1460. The molecule has 0 atom stereocenters. The van der Waals surface area contributed by atoms with Crippen molar-refractivity contribution in [2.45, 2.75) is 5.16 Å². The molecule has 2 heterocycles.